The van der Waals surface area contributed by atoms with Crippen molar-refractivity contribution >= 4 is 23.6 Å². The van der Waals surface area contributed by atoms with E-state index in [1.54, 1.807) is 0 Å². The number of carbonyl (C=O) groups excluding carboxylic acids is 2. The third kappa shape index (κ3) is 5.90. The first-order valence-electron chi connectivity index (χ1n) is 12.8. The smallest absolute Gasteiger partial charge is 0.379 e. The number of halogens is 6. The molecule has 0 N–H and O–H groups in total. The number of rotatable bonds is 5. The van der Waals surface area contributed by atoms with Crippen LogP contribution >= 0.6 is 11.8 Å². The molecule has 1 saturated heterocycles. The lowest BCUT2D eigenvalue weighted by molar-refractivity contribution is -0.197. The minimum atomic E-state index is -5.10. The van der Waals surface area contributed by atoms with Gasteiger partial charge in [0.2, 0.25) is 5.91 Å². The second kappa shape index (κ2) is 11.1. The number of carbonyl (C=O) groups is 2. The number of benzene rings is 1. The maximum absolute atomic E-state index is 14.0. The van der Waals surface area contributed by atoms with E-state index in [2.05, 4.69) is 0 Å². The van der Waals surface area contributed by atoms with Crippen LogP contribution in [0.25, 0.3) is 0 Å². The van der Waals surface area contributed by atoms with Crippen molar-refractivity contribution in [1.29, 1.82) is 0 Å². The molecule has 1 aromatic carbocycles. The van der Waals surface area contributed by atoms with E-state index in [1.807, 2.05) is 13.8 Å². The van der Waals surface area contributed by atoms with Crippen LogP contribution in [-0.4, -0.2) is 72.2 Å². The second-order valence-electron chi connectivity index (χ2n) is 10.7. The highest BCUT2D eigenvalue weighted by Crippen LogP contribution is 2.50. The highest BCUT2D eigenvalue weighted by Gasteiger charge is 2.56. The van der Waals surface area contributed by atoms with Crippen LogP contribution in [0.15, 0.2) is 23.1 Å². The zero-order valence-electron chi connectivity index (χ0n) is 21.9. The minimum Gasteiger partial charge on any atom is -0.379 e. The van der Waals surface area contributed by atoms with Gasteiger partial charge in [0.15, 0.2) is 0 Å². The van der Waals surface area contributed by atoms with Gasteiger partial charge in [-0.1, -0.05) is 13.8 Å². The Morgan fingerprint density at radius 2 is 1.90 bits per heavy atom. The highest BCUT2D eigenvalue weighted by atomic mass is 32.2. The zero-order valence-corrected chi connectivity index (χ0v) is 22.7. The van der Waals surface area contributed by atoms with Crippen molar-refractivity contribution in [3.63, 3.8) is 0 Å². The first kappa shape index (κ1) is 30.0. The molecule has 1 aliphatic carbocycles. The predicted molar refractivity (Wildman–Crippen MR) is 131 cm³/mol. The van der Waals surface area contributed by atoms with Gasteiger partial charge in [-0.3, -0.25) is 9.59 Å². The summed E-state index contributed by atoms with van der Waals surface area (Å²) in [5.41, 5.74) is -1.49. The Hall–Kier alpha value is -1.99. The first-order valence-corrected chi connectivity index (χ1v) is 13.8. The Morgan fingerprint density at radius 3 is 2.51 bits per heavy atom. The van der Waals surface area contributed by atoms with Gasteiger partial charge in [0.25, 0.3) is 0 Å². The van der Waals surface area contributed by atoms with Crippen molar-refractivity contribution in [3.8, 4) is 0 Å². The molecule has 2 fully saturated rings. The summed E-state index contributed by atoms with van der Waals surface area (Å²) in [5.74, 6) is -2.34. The predicted octanol–water partition coefficient (Wildman–Crippen LogP) is 5.49. The summed E-state index contributed by atoms with van der Waals surface area (Å²) in [4.78, 5) is 29.7. The monoisotopic (exact) mass is 582 g/mol. The van der Waals surface area contributed by atoms with Gasteiger partial charge >= 0.3 is 18.3 Å². The van der Waals surface area contributed by atoms with Crippen LogP contribution in [0, 0.1) is 11.3 Å². The summed E-state index contributed by atoms with van der Waals surface area (Å²) in [6.45, 7) is 3.83. The molecule has 2 unspecified atom stereocenters. The molecule has 2 aliphatic heterocycles. The molecule has 4 atom stereocenters. The normalized spacial score (nSPS) is 27.9. The molecule has 0 bridgehead atoms. The third-order valence-corrected chi connectivity index (χ3v) is 9.42. The number of thioether (sulfide) groups is 1. The molecule has 0 radical (unpaired) electrons. The van der Waals surface area contributed by atoms with E-state index in [1.165, 1.54) is 29.8 Å². The molecule has 13 heteroatoms. The fourth-order valence-corrected chi connectivity index (χ4v) is 7.07. The average molecular weight is 583 g/mol. The lowest BCUT2D eigenvalue weighted by Gasteiger charge is -2.44. The lowest BCUT2D eigenvalue weighted by atomic mass is 9.74. The summed E-state index contributed by atoms with van der Waals surface area (Å²) in [7, 11) is 1.36. The first-order chi connectivity index (χ1) is 18.2. The quantitative estimate of drug-likeness (QED) is 0.430. The molecule has 1 aromatic rings. The zero-order chi connectivity index (χ0) is 28.8. The Kier molecular flexibility index (Phi) is 8.55. The number of ether oxygens (including phenoxy) is 2. The molecule has 39 heavy (non-hydrogen) atoms. The maximum atomic E-state index is 14.0. The number of fused-ring (bicyclic) bond motifs is 1. The van der Waals surface area contributed by atoms with Crippen LogP contribution in [-0.2, 0) is 31.8 Å². The van der Waals surface area contributed by atoms with E-state index in [-0.39, 0.29) is 63.1 Å². The Labute approximate surface area is 227 Å². The van der Waals surface area contributed by atoms with E-state index < -0.39 is 47.4 Å². The van der Waals surface area contributed by atoms with Crippen molar-refractivity contribution in [1.82, 2.24) is 9.80 Å². The number of alkyl halides is 6. The van der Waals surface area contributed by atoms with Crippen molar-refractivity contribution < 1.29 is 45.4 Å². The maximum Gasteiger partial charge on any atom is 0.471 e. The van der Waals surface area contributed by atoms with Crippen molar-refractivity contribution in [2.24, 2.45) is 11.3 Å². The average Bonchev–Trinajstić information content (AvgIpc) is 3.33. The van der Waals surface area contributed by atoms with E-state index in [4.69, 9.17) is 9.47 Å². The molecule has 2 amide bonds. The highest BCUT2D eigenvalue weighted by molar-refractivity contribution is 7.99. The molecule has 4 rings (SSSR count). The standard InChI is InChI=1S/C26H32F6N2O4S/c1-15(2)24(22(35)33-12-16-10-17(25(27,28)29)4-5-21(16)39-14-33)8-6-18(11-24)34(23(36)26(30,31)32)19-7-9-38-13-20(19)37-3/h4-5,10,15,18-20H,6-9,11-14H2,1-3H3/t18-,19?,20?,24+/m1/s1. The number of nitrogens with zero attached hydrogens (tertiary/aromatic N) is 2. The molecule has 3 aliphatic rings. The van der Waals surface area contributed by atoms with Crippen LogP contribution in [0.2, 0.25) is 0 Å². The summed E-state index contributed by atoms with van der Waals surface area (Å²) >= 11 is 1.25. The fraction of sp³-hybridized carbons (Fsp3) is 0.692. The topological polar surface area (TPSA) is 59.1 Å². The number of methoxy groups -OCH3 is 1. The van der Waals surface area contributed by atoms with Crippen molar-refractivity contribution in [2.75, 3.05) is 26.2 Å². The van der Waals surface area contributed by atoms with Crippen LogP contribution in [0.1, 0.15) is 50.7 Å². The number of hydrogen-bond donors (Lipinski definition) is 0. The Balaban J connectivity index is 1.61. The molecule has 2 heterocycles. The van der Waals surface area contributed by atoms with Gasteiger partial charge in [-0.15, -0.1) is 11.8 Å². The van der Waals surface area contributed by atoms with Gasteiger partial charge in [0, 0.05) is 31.2 Å². The van der Waals surface area contributed by atoms with Crippen molar-refractivity contribution in [2.45, 2.75) is 81.5 Å². The Bertz CT molecular complexity index is 1080. The van der Waals surface area contributed by atoms with E-state index in [9.17, 15) is 35.9 Å². The van der Waals surface area contributed by atoms with Crippen LogP contribution in [0.5, 0.6) is 0 Å². The summed E-state index contributed by atoms with van der Waals surface area (Å²) in [6, 6.07) is 1.74. The molecular weight excluding hydrogens is 550 g/mol. The van der Waals surface area contributed by atoms with Crippen LogP contribution in [0.4, 0.5) is 26.3 Å². The molecule has 0 spiro atoms. The SMILES string of the molecule is COC1COCCC1N(C(=O)C(F)(F)F)[C@@H]1CC[C@@](C(=O)N2CSc3ccc(C(F)(F)F)cc3C2)(C(C)C)C1. The lowest BCUT2D eigenvalue weighted by Crippen LogP contribution is -2.59. The van der Waals surface area contributed by atoms with Gasteiger partial charge in [0.05, 0.1) is 29.5 Å². The van der Waals surface area contributed by atoms with E-state index in [0.717, 1.165) is 17.0 Å². The fourth-order valence-electron chi connectivity index (χ4n) is 6.09. The Morgan fingerprint density at radius 1 is 1.18 bits per heavy atom. The summed E-state index contributed by atoms with van der Waals surface area (Å²) in [6.07, 6.45) is -9.73. The number of hydrogen-bond acceptors (Lipinski definition) is 5. The van der Waals surface area contributed by atoms with Gasteiger partial charge in [-0.05, 0) is 55.4 Å². The molecule has 0 aromatic heterocycles. The molecular formula is C26H32F6N2O4S. The van der Waals surface area contributed by atoms with Gasteiger partial charge in [0.1, 0.15) is 6.10 Å². The van der Waals surface area contributed by atoms with E-state index >= 15 is 0 Å². The van der Waals surface area contributed by atoms with Crippen molar-refractivity contribution in [3.05, 3.63) is 29.3 Å². The van der Waals surface area contributed by atoms with Crippen LogP contribution in [0.3, 0.4) is 0 Å². The van der Waals surface area contributed by atoms with Crippen LogP contribution < -0.4 is 0 Å². The van der Waals surface area contributed by atoms with Gasteiger partial charge in [-0.2, -0.15) is 26.3 Å². The molecule has 1 saturated carbocycles. The second-order valence-corrected chi connectivity index (χ2v) is 11.7. The summed E-state index contributed by atoms with van der Waals surface area (Å²) < 4.78 is 91.9. The number of amides is 2. The largest absolute Gasteiger partial charge is 0.471 e. The molecule has 218 valence electrons. The molecule has 6 nitrogen and oxygen atoms in total. The van der Waals surface area contributed by atoms with E-state index in [0.29, 0.717) is 10.5 Å². The minimum absolute atomic E-state index is 0.0235. The van der Waals surface area contributed by atoms with Gasteiger partial charge < -0.3 is 19.3 Å². The summed E-state index contributed by atoms with van der Waals surface area (Å²) in [5, 5.41) is 0. The van der Waals surface area contributed by atoms with Gasteiger partial charge in [-0.25, -0.2) is 0 Å². The third-order valence-electron chi connectivity index (χ3n) is 8.27.